The van der Waals surface area contributed by atoms with Crippen LogP contribution in [0.5, 0.6) is 0 Å². The van der Waals surface area contributed by atoms with Gasteiger partial charge in [0.25, 0.3) is 11.8 Å². The number of carbonyl (C=O) groups is 2. The molecule has 4 aromatic rings. The number of amides is 2. The summed E-state index contributed by atoms with van der Waals surface area (Å²) in [5.41, 5.74) is 2.63. The van der Waals surface area contributed by atoms with Gasteiger partial charge in [0, 0.05) is 23.6 Å². The van der Waals surface area contributed by atoms with E-state index in [4.69, 9.17) is 35.4 Å². The van der Waals surface area contributed by atoms with Crippen molar-refractivity contribution in [2.45, 2.75) is 6.54 Å². The SMILES string of the molecule is O=C1NC(=S)N(c2cccc(Cl)c2Cl)C(=O)/C1=C\c1ccc2c(ccn2Cc2cccc(F)c2)c1. The molecule has 1 saturated heterocycles. The Kier molecular flexibility index (Phi) is 6.15. The quantitative estimate of drug-likeness (QED) is 0.204. The number of rotatable bonds is 4. The molecule has 1 fully saturated rings. The molecule has 2 amide bonds. The predicted octanol–water partition coefficient (Wildman–Crippen LogP) is 5.97. The van der Waals surface area contributed by atoms with Crippen LogP contribution in [0.3, 0.4) is 0 Å². The van der Waals surface area contributed by atoms with Crippen LogP contribution in [0.2, 0.25) is 10.0 Å². The number of nitrogens with one attached hydrogen (secondary N) is 1. The lowest BCUT2D eigenvalue weighted by Crippen LogP contribution is -2.54. The summed E-state index contributed by atoms with van der Waals surface area (Å²) in [5, 5.41) is 3.78. The number of aromatic nitrogens is 1. The van der Waals surface area contributed by atoms with Gasteiger partial charge in [0.05, 0.1) is 15.7 Å². The fourth-order valence-electron chi connectivity index (χ4n) is 3.99. The number of hydrogen-bond acceptors (Lipinski definition) is 3. The highest BCUT2D eigenvalue weighted by molar-refractivity contribution is 7.80. The fraction of sp³-hybridized carbons (Fsp3) is 0.0385. The molecule has 0 unspecified atom stereocenters. The maximum Gasteiger partial charge on any atom is 0.270 e. The number of hydrogen-bond donors (Lipinski definition) is 1. The lowest BCUT2D eigenvalue weighted by Gasteiger charge is -2.29. The van der Waals surface area contributed by atoms with Crippen LogP contribution in [0, 0.1) is 5.82 Å². The Labute approximate surface area is 215 Å². The van der Waals surface area contributed by atoms with Crippen molar-refractivity contribution in [3.63, 3.8) is 0 Å². The van der Waals surface area contributed by atoms with Gasteiger partial charge in [-0.05, 0) is 71.9 Å². The molecule has 174 valence electrons. The molecule has 0 radical (unpaired) electrons. The van der Waals surface area contributed by atoms with Crippen molar-refractivity contribution < 1.29 is 14.0 Å². The Hall–Kier alpha value is -3.52. The molecule has 1 N–H and O–H groups in total. The second kappa shape index (κ2) is 9.26. The lowest BCUT2D eigenvalue weighted by molar-refractivity contribution is -0.122. The van der Waals surface area contributed by atoms with Crippen LogP contribution >= 0.6 is 35.4 Å². The van der Waals surface area contributed by atoms with E-state index in [1.54, 1.807) is 24.3 Å². The zero-order chi connectivity index (χ0) is 24.7. The van der Waals surface area contributed by atoms with Gasteiger partial charge in [-0.3, -0.25) is 19.8 Å². The summed E-state index contributed by atoms with van der Waals surface area (Å²) in [6.07, 6.45) is 3.42. The van der Waals surface area contributed by atoms with Gasteiger partial charge in [-0.25, -0.2) is 4.39 Å². The van der Waals surface area contributed by atoms with Crippen LogP contribution in [0.15, 0.2) is 78.5 Å². The molecule has 0 atom stereocenters. The van der Waals surface area contributed by atoms with E-state index in [1.165, 1.54) is 18.2 Å². The van der Waals surface area contributed by atoms with Crippen LogP contribution in [0.4, 0.5) is 10.1 Å². The van der Waals surface area contributed by atoms with Crippen molar-refractivity contribution in [1.82, 2.24) is 9.88 Å². The van der Waals surface area contributed by atoms with Crippen molar-refractivity contribution in [1.29, 1.82) is 0 Å². The van der Waals surface area contributed by atoms with Crippen LogP contribution < -0.4 is 10.2 Å². The Morgan fingerprint density at radius 1 is 1.00 bits per heavy atom. The topological polar surface area (TPSA) is 54.3 Å². The molecule has 0 spiro atoms. The number of thiocarbonyl (C=S) groups is 1. The van der Waals surface area contributed by atoms with Gasteiger partial charge in [-0.15, -0.1) is 0 Å². The molecule has 0 saturated carbocycles. The van der Waals surface area contributed by atoms with E-state index in [2.05, 4.69) is 5.32 Å². The first-order valence-corrected chi connectivity index (χ1v) is 11.7. The molecule has 5 nitrogen and oxygen atoms in total. The summed E-state index contributed by atoms with van der Waals surface area (Å²) < 4.78 is 15.6. The third kappa shape index (κ3) is 4.46. The summed E-state index contributed by atoms with van der Waals surface area (Å²) in [6, 6.07) is 18.8. The first kappa shape index (κ1) is 23.2. The molecule has 35 heavy (non-hydrogen) atoms. The molecule has 1 aliphatic rings. The molecule has 5 rings (SSSR count). The summed E-state index contributed by atoms with van der Waals surface area (Å²) >= 11 is 17.6. The summed E-state index contributed by atoms with van der Waals surface area (Å²) in [5.74, 6) is -1.49. The Morgan fingerprint density at radius 3 is 2.60 bits per heavy atom. The lowest BCUT2D eigenvalue weighted by atomic mass is 10.1. The number of fused-ring (bicyclic) bond motifs is 1. The van der Waals surface area contributed by atoms with E-state index in [-0.39, 0.29) is 32.2 Å². The van der Waals surface area contributed by atoms with E-state index in [0.29, 0.717) is 12.1 Å². The summed E-state index contributed by atoms with van der Waals surface area (Å²) in [7, 11) is 0. The van der Waals surface area contributed by atoms with E-state index in [9.17, 15) is 14.0 Å². The molecule has 1 aliphatic heterocycles. The Balaban J connectivity index is 1.48. The van der Waals surface area contributed by atoms with Crippen LogP contribution in [-0.2, 0) is 16.1 Å². The number of nitrogens with zero attached hydrogens (tertiary/aromatic N) is 2. The van der Waals surface area contributed by atoms with Gasteiger partial charge in [-0.1, -0.05) is 47.5 Å². The monoisotopic (exact) mass is 523 g/mol. The van der Waals surface area contributed by atoms with Crippen molar-refractivity contribution in [3.05, 3.63) is 105 Å². The number of benzene rings is 3. The van der Waals surface area contributed by atoms with Crippen molar-refractivity contribution >= 4 is 75.0 Å². The van der Waals surface area contributed by atoms with Gasteiger partial charge < -0.3 is 4.57 Å². The van der Waals surface area contributed by atoms with Crippen molar-refractivity contribution in [2.24, 2.45) is 0 Å². The zero-order valence-electron chi connectivity index (χ0n) is 18.0. The highest BCUT2D eigenvalue weighted by Gasteiger charge is 2.35. The minimum absolute atomic E-state index is 0.0776. The first-order valence-electron chi connectivity index (χ1n) is 10.5. The largest absolute Gasteiger partial charge is 0.343 e. The predicted molar refractivity (Wildman–Crippen MR) is 140 cm³/mol. The van der Waals surface area contributed by atoms with E-state index in [1.807, 2.05) is 41.1 Å². The molecule has 3 aromatic carbocycles. The van der Waals surface area contributed by atoms with Crippen molar-refractivity contribution in [2.75, 3.05) is 4.90 Å². The summed E-state index contributed by atoms with van der Waals surface area (Å²) in [4.78, 5) is 27.1. The second-order valence-electron chi connectivity index (χ2n) is 7.92. The minimum atomic E-state index is -0.605. The van der Waals surface area contributed by atoms with Crippen LogP contribution in [0.25, 0.3) is 17.0 Å². The number of anilines is 1. The Morgan fingerprint density at radius 2 is 1.80 bits per heavy atom. The van der Waals surface area contributed by atoms with Gasteiger partial charge in [0.1, 0.15) is 11.4 Å². The highest BCUT2D eigenvalue weighted by atomic mass is 35.5. The van der Waals surface area contributed by atoms with Gasteiger partial charge in [0.15, 0.2) is 5.11 Å². The minimum Gasteiger partial charge on any atom is -0.343 e. The molecule has 9 heteroatoms. The standard InChI is InChI=1S/C26H16Cl2FN3O2S/c27-20-5-2-6-22(23(20)28)32-25(34)19(24(33)30-26(32)35)13-15-7-8-21-17(11-15)9-10-31(21)14-16-3-1-4-18(29)12-16/h1-13H,14H2,(H,30,33,35)/b19-13-. The first-order chi connectivity index (χ1) is 16.8. The zero-order valence-corrected chi connectivity index (χ0v) is 20.3. The van der Waals surface area contributed by atoms with Gasteiger partial charge >= 0.3 is 0 Å². The molecule has 0 aliphatic carbocycles. The van der Waals surface area contributed by atoms with Crippen LogP contribution in [-0.4, -0.2) is 21.5 Å². The van der Waals surface area contributed by atoms with Gasteiger partial charge in [-0.2, -0.15) is 0 Å². The number of carbonyl (C=O) groups excluding carboxylic acids is 2. The molecular weight excluding hydrogens is 508 g/mol. The molecule has 0 bridgehead atoms. The van der Waals surface area contributed by atoms with Gasteiger partial charge in [0.2, 0.25) is 0 Å². The Bertz CT molecular complexity index is 1560. The number of halogens is 3. The second-order valence-corrected chi connectivity index (χ2v) is 9.09. The molecular formula is C26H16Cl2FN3O2S. The van der Waals surface area contributed by atoms with E-state index in [0.717, 1.165) is 21.4 Å². The third-order valence-electron chi connectivity index (χ3n) is 5.62. The third-order valence-corrected chi connectivity index (χ3v) is 6.72. The van der Waals surface area contributed by atoms with Crippen molar-refractivity contribution in [3.8, 4) is 0 Å². The smallest absolute Gasteiger partial charge is 0.270 e. The average molecular weight is 524 g/mol. The van der Waals surface area contributed by atoms with E-state index < -0.39 is 11.8 Å². The maximum absolute atomic E-state index is 13.5. The average Bonchev–Trinajstić information content (AvgIpc) is 3.21. The van der Waals surface area contributed by atoms with E-state index >= 15 is 0 Å². The molecule has 1 aromatic heterocycles. The fourth-order valence-corrected chi connectivity index (χ4v) is 4.64. The molecule has 2 heterocycles. The summed E-state index contributed by atoms with van der Waals surface area (Å²) in [6.45, 7) is 0.509. The maximum atomic E-state index is 13.5. The van der Waals surface area contributed by atoms with Crippen LogP contribution in [0.1, 0.15) is 11.1 Å². The normalized spacial score (nSPS) is 15.2. The highest BCUT2D eigenvalue weighted by Crippen LogP contribution is 2.34.